The van der Waals surface area contributed by atoms with Crippen molar-refractivity contribution >= 4 is 16.8 Å². The van der Waals surface area contributed by atoms with Crippen LogP contribution >= 0.6 is 0 Å². The zero-order valence-corrected chi connectivity index (χ0v) is 11.6. The molecule has 0 unspecified atom stereocenters. The first-order valence-corrected chi connectivity index (χ1v) is 6.51. The fraction of sp³-hybridized carbons (Fsp3) is 0.429. The van der Waals surface area contributed by atoms with Crippen LogP contribution in [0.25, 0.3) is 10.9 Å². The maximum Gasteiger partial charge on any atom is 0.272 e. The first-order chi connectivity index (χ1) is 9.09. The molecule has 1 amide bonds. The Morgan fingerprint density at radius 3 is 2.89 bits per heavy atom. The summed E-state index contributed by atoms with van der Waals surface area (Å²) in [5, 5.41) is 10.7. The maximum atomic E-state index is 12.1. The second-order valence-electron chi connectivity index (χ2n) is 4.95. The minimum Gasteiger partial charge on any atom is -0.349 e. The number of rotatable bonds is 5. The van der Waals surface area contributed by atoms with Gasteiger partial charge in [-0.3, -0.25) is 9.89 Å². The van der Waals surface area contributed by atoms with E-state index in [1.54, 1.807) is 0 Å². The molecule has 0 aliphatic rings. The summed E-state index contributed by atoms with van der Waals surface area (Å²) in [5.41, 5.74) is 1.34. The monoisotopic (exact) mass is 260 g/mol. The van der Waals surface area contributed by atoms with Crippen molar-refractivity contribution in [2.45, 2.75) is 19.9 Å². The minimum atomic E-state index is -0.130. The van der Waals surface area contributed by atoms with Gasteiger partial charge in [-0.2, -0.15) is 5.10 Å². The molecule has 0 bridgehead atoms. The summed E-state index contributed by atoms with van der Waals surface area (Å²) >= 11 is 0. The molecule has 0 aliphatic carbocycles. The molecule has 19 heavy (non-hydrogen) atoms. The lowest BCUT2D eigenvalue weighted by Gasteiger charge is -2.20. The highest BCUT2D eigenvalue weighted by molar-refractivity contribution is 6.04. The second kappa shape index (κ2) is 5.84. The van der Waals surface area contributed by atoms with Gasteiger partial charge in [0.25, 0.3) is 5.91 Å². The Balaban J connectivity index is 1.97. The molecule has 0 saturated carbocycles. The number of para-hydroxylation sites is 1. The van der Waals surface area contributed by atoms with Gasteiger partial charge < -0.3 is 10.2 Å². The van der Waals surface area contributed by atoms with Crippen molar-refractivity contribution in [1.82, 2.24) is 20.4 Å². The summed E-state index contributed by atoms with van der Waals surface area (Å²) in [4.78, 5) is 14.2. The molecule has 1 aromatic carbocycles. The van der Waals surface area contributed by atoms with E-state index in [4.69, 9.17) is 0 Å². The van der Waals surface area contributed by atoms with Crippen LogP contribution in [0.2, 0.25) is 0 Å². The molecule has 0 aliphatic heterocycles. The van der Waals surface area contributed by atoms with Crippen LogP contribution in [-0.2, 0) is 0 Å². The zero-order valence-electron chi connectivity index (χ0n) is 11.6. The van der Waals surface area contributed by atoms with Gasteiger partial charge >= 0.3 is 0 Å². The topological polar surface area (TPSA) is 61.0 Å². The van der Waals surface area contributed by atoms with E-state index in [0.29, 0.717) is 18.3 Å². The number of aromatic amines is 1. The lowest BCUT2D eigenvalue weighted by Crippen LogP contribution is -2.36. The van der Waals surface area contributed by atoms with E-state index < -0.39 is 0 Å². The Bertz CT molecular complexity index is 561. The smallest absolute Gasteiger partial charge is 0.272 e. The number of H-pyrrole nitrogens is 1. The van der Waals surface area contributed by atoms with Gasteiger partial charge in [0.05, 0.1) is 5.52 Å². The predicted molar refractivity (Wildman–Crippen MR) is 76.2 cm³/mol. The average molecular weight is 260 g/mol. The highest BCUT2D eigenvalue weighted by Crippen LogP contribution is 2.14. The number of aromatic nitrogens is 2. The van der Waals surface area contributed by atoms with Gasteiger partial charge in [0.15, 0.2) is 5.69 Å². The predicted octanol–water partition coefficient (Wildman–Crippen LogP) is 1.63. The van der Waals surface area contributed by atoms with Crippen molar-refractivity contribution in [2.24, 2.45) is 0 Å². The largest absolute Gasteiger partial charge is 0.349 e. The number of hydrogen-bond donors (Lipinski definition) is 2. The third kappa shape index (κ3) is 3.12. The molecule has 2 N–H and O–H groups in total. The van der Waals surface area contributed by atoms with E-state index in [0.717, 1.165) is 17.4 Å². The minimum absolute atomic E-state index is 0.130. The van der Waals surface area contributed by atoms with Gasteiger partial charge in [-0.05, 0) is 27.0 Å². The van der Waals surface area contributed by atoms with Gasteiger partial charge in [0, 0.05) is 24.5 Å². The van der Waals surface area contributed by atoms with Crippen molar-refractivity contribution in [1.29, 1.82) is 0 Å². The lowest BCUT2D eigenvalue weighted by molar-refractivity contribution is 0.0944. The lowest BCUT2D eigenvalue weighted by atomic mass is 10.2. The van der Waals surface area contributed by atoms with E-state index in [1.807, 2.05) is 31.3 Å². The number of carbonyl (C=O) groups is 1. The van der Waals surface area contributed by atoms with Crippen LogP contribution in [0.15, 0.2) is 24.3 Å². The van der Waals surface area contributed by atoms with Crippen molar-refractivity contribution in [2.75, 3.05) is 20.1 Å². The van der Waals surface area contributed by atoms with Gasteiger partial charge in [-0.1, -0.05) is 18.2 Å². The zero-order chi connectivity index (χ0) is 13.8. The van der Waals surface area contributed by atoms with Gasteiger partial charge in [-0.25, -0.2) is 0 Å². The van der Waals surface area contributed by atoms with E-state index in [-0.39, 0.29) is 5.91 Å². The van der Waals surface area contributed by atoms with Crippen molar-refractivity contribution < 1.29 is 4.79 Å². The van der Waals surface area contributed by atoms with E-state index in [1.165, 1.54) is 0 Å². The summed E-state index contributed by atoms with van der Waals surface area (Å²) in [6, 6.07) is 8.10. The van der Waals surface area contributed by atoms with Crippen LogP contribution in [0.1, 0.15) is 24.3 Å². The summed E-state index contributed by atoms with van der Waals surface area (Å²) in [6.07, 6.45) is 0. The number of likely N-dealkylation sites (N-methyl/N-ethyl adjacent to an activating group) is 1. The molecule has 2 rings (SSSR count). The standard InChI is InChI=1S/C14H20N4O/c1-10(2)18(3)9-8-15-14(19)13-11-6-4-5-7-12(11)16-17-13/h4-7,10H,8-9H2,1-3H3,(H,15,19)(H,16,17). The van der Waals surface area contributed by atoms with Gasteiger partial charge in [0.2, 0.25) is 0 Å². The molecule has 0 atom stereocenters. The Labute approximate surface area is 113 Å². The Kier molecular flexibility index (Phi) is 4.16. The van der Waals surface area contributed by atoms with Crippen LogP contribution in [0.5, 0.6) is 0 Å². The molecule has 1 heterocycles. The second-order valence-corrected chi connectivity index (χ2v) is 4.95. The van der Waals surface area contributed by atoms with Crippen LogP contribution < -0.4 is 5.32 Å². The summed E-state index contributed by atoms with van der Waals surface area (Å²) in [6.45, 7) is 5.70. The van der Waals surface area contributed by atoms with Crippen molar-refractivity contribution in [3.8, 4) is 0 Å². The summed E-state index contributed by atoms with van der Waals surface area (Å²) in [5.74, 6) is -0.130. The number of amides is 1. The number of fused-ring (bicyclic) bond motifs is 1. The SMILES string of the molecule is CC(C)N(C)CCNC(=O)c1n[nH]c2ccccc12. The first-order valence-electron chi connectivity index (χ1n) is 6.51. The average Bonchev–Trinajstić information content (AvgIpc) is 2.82. The van der Waals surface area contributed by atoms with Crippen LogP contribution in [-0.4, -0.2) is 47.2 Å². The third-order valence-electron chi connectivity index (χ3n) is 3.32. The molecule has 2 aromatic rings. The number of nitrogens with one attached hydrogen (secondary N) is 2. The Hall–Kier alpha value is -1.88. The molecule has 102 valence electrons. The molecular weight excluding hydrogens is 240 g/mol. The van der Waals surface area contributed by atoms with E-state index in [9.17, 15) is 4.79 Å². The number of benzene rings is 1. The quantitative estimate of drug-likeness (QED) is 0.859. The molecule has 0 radical (unpaired) electrons. The number of carbonyl (C=O) groups excluding carboxylic acids is 1. The molecular formula is C14H20N4O. The number of hydrogen-bond acceptors (Lipinski definition) is 3. The fourth-order valence-corrected chi connectivity index (χ4v) is 1.82. The summed E-state index contributed by atoms with van der Waals surface area (Å²) in [7, 11) is 2.04. The molecule has 1 aromatic heterocycles. The molecule has 0 saturated heterocycles. The Morgan fingerprint density at radius 2 is 2.16 bits per heavy atom. The van der Waals surface area contributed by atoms with Crippen LogP contribution in [0.4, 0.5) is 0 Å². The van der Waals surface area contributed by atoms with Crippen LogP contribution in [0, 0.1) is 0 Å². The fourth-order valence-electron chi connectivity index (χ4n) is 1.82. The molecule has 0 spiro atoms. The Morgan fingerprint density at radius 1 is 1.42 bits per heavy atom. The molecule has 0 fully saturated rings. The van der Waals surface area contributed by atoms with Crippen molar-refractivity contribution in [3.63, 3.8) is 0 Å². The highest BCUT2D eigenvalue weighted by atomic mass is 16.1. The van der Waals surface area contributed by atoms with Gasteiger partial charge in [-0.15, -0.1) is 0 Å². The van der Waals surface area contributed by atoms with Crippen molar-refractivity contribution in [3.05, 3.63) is 30.0 Å². The molecule has 5 heteroatoms. The number of nitrogens with zero attached hydrogens (tertiary/aromatic N) is 2. The third-order valence-corrected chi connectivity index (χ3v) is 3.32. The maximum absolute atomic E-state index is 12.1. The normalized spacial score (nSPS) is 11.4. The summed E-state index contributed by atoms with van der Waals surface area (Å²) < 4.78 is 0. The van der Waals surface area contributed by atoms with E-state index in [2.05, 4.69) is 34.3 Å². The van der Waals surface area contributed by atoms with Gasteiger partial charge in [0.1, 0.15) is 0 Å². The first kappa shape index (κ1) is 13.5. The van der Waals surface area contributed by atoms with Crippen LogP contribution in [0.3, 0.4) is 0 Å². The highest BCUT2D eigenvalue weighted by Gasteiger charge is 2.13. The molecule has 5 nitrogen and oxygen atoms in total. The van der Waals surface area contributed by atoms with E-state index >= 15 is 0 Å².